The first-order chi connectivity index (χ1) is 6.16. The van der Waals surface area contributed by atoms with Crippen molar-refractivity contribution in [3.05, 3.63) is 0 Å². The van der Waals surface area contributed by atoms with Crippen LogP contribution >= 0.6 is 0 Å². The van der Waals surface area contributed by atoms with Gasteiger partial charge in [-0.1, -0.05) is 6.42 Å². The second kappa shape index (κ2) is 3.64. The molecule has 2 bridgehead atoms. The summed E-state index contributed by atoms with van der Waals surface area (Å²) < 4.78 is 0. The Labute approximate surface area is 83.6 Å². The average Bonchev–Trinajstić information content (AvgIpc) is 2.62. The highest BCUT2D eigenvalue weighted by atomic mass is 32.2. The Bertz CT molecular complexity index is 212. The third kappa shape index (κ3) is 1.93. The van der Waals surface area contributed by atoms with Crippen LogP contribution in [0.4, 0.5) is 0 Å². The van der Waals surface area contributed by atoms with Gasteiger partial charge in [0.05, 0.1) is 12.5 Å². The van der Waals surface area contributed by atoms with E-state index in [1.54, 1.807) is 0 Å². The fourth-order valence-corrected chi connectivity index (χ4v) is 3.81. The van der Waals surface area contributed by atoms with Gasteiger partial charge in [0.15, 0.2) is 11.5 Å². The number of fused-ring (bicyclic) bond motifs is 2. The minimum absolute atomic E-state index is 0.307. The lowest BCUT2D eigenvalue weighted by Crippen LogP contribution is -2.26. The third-order valence-electron chi connectivity index (χ3n) is 3.58. The molecule has 1 nitrogen and oxygen atoms in total. The fraction of sp³-hybridized carbons (Fsp3) is 0.909. The Balaban J connectivity index is 1.91. The highest BCUT2D eigenvalue weighted by Crippen LogP contribution is 2.48. The Kier molecular flexibility index (Phi) is 2.68. The first kappa shape index (κ1) is 9.57. The van der Waals surface area contributed by atoms with E-state index in [9.17, 15) is 4.79 Å². The van der Waals surface area contributed by atoms with E-state index in [1.807, 2.05) is 0 Å². The molecule has 0 amide bonds. The zero-order valence-corrected chi connectivity index (χ0v) is 9.40. The summed E-state index contributed by atoms with van der Waals surface area (Å²) in [5.74, 6) is 3.57. The monoisotopic (exact) mass is 199 g/mol. The molecule has 0 heterocycles. The van der Waals surface area contributed by atoms with Crippen LogP contribution in [0.3, 0.4) is 0 Å². The van der Waals surface area contributed by atoms with Crippen LogP contribution in [0.25, 0.3) is 0 Å². The van der Waals surface area contributed by atoms with Gasteiger partial charge in [-0.2, -0.15) is 0 Å². The minimum atomic E-state index is 0.307. The van der Waals surface area contributed by atoms with Crippen molar-refractivity contribution in [2.45, 2.75) is 25.7 Å². The molecule has 0 saturated heterocycles. The number of rotatable bonds is 3. The molecule has 0 aromatic carbocycles. The zero-order chi connectivity index (χ0) is 9.42. The quantitative estimate of drug-likeness (QED) is 0.634. The van der Waals surface area contributed by atoms with E-state index in [2.05, 4.69) is 12.5 Å². The predicted octanol–water partition coefficient (Wildman–Crippen LogP) is 1.87. The largest absolute Gasteiger partial charge is 0.294 e. The van der Waals surface area contributed by atoms with Gasteiger partial charge in [-0.25, -0.2) is 0 Å². The van der Waals surface area contributed by atoms with Crippen molar-refractivity contribution in [1.29, 1.82) is 0 Å². The first-order valence-electron chi connectivity index (χ1n) is 5.23. The van der Waals surface area contributed by atoms with Gasteiger partial charge in [-0.05, 0) is 42.0 Å². The van der Waals surface area contributed by atoms with Crippen LogP contribution in [0.1, 0.15) is 25.7 Å². The van der Waals surface area contributed by atoms with Gasteiger partial charge < -0.3 is 0 Å². The average molecular weight is 199 g/mol. The van der Waals surface area contributed by atoms with Crippen molar-refractivity contribution in [2.75, 3.05) is 18.3 Å². The fourth-order valence-electron chi connectivity index (χ4n) is 3.03. The third-order valence-corrected chi connectivity index (χ3v) is 4.44. The molecule has 2 saturated carbocycles. The van der Waals surface area contributed by atoms with Crippen molar-refractivity contribution < 1.29 is 4.79 Å². The molecular weight excluding hydrogens is 180 g/mol. The Morgan fingerprint density at radius 3 is 2.54 bits per heavy atom. The number of carbonyl (C=O) groups excluding carboxylic acids is 1. The van der Waals surface area contributed by atoms with Gasteiger partial charge in [0.1, 0.15) is 0 Å². The van der Waals surface area contributed by atoms with Crippen LogP contribution in [-0.4, -0.2) is 24.0 Å². The van der Waals surface area contributed by atoms with Crippen LogP contribution < -0.4 is 0 Å². The topological polar surface area (TPSA) is 17.1 Å². The van der Waals surface area contributed by atoms with Crippen LogP contribution in [0.5, 0.6) is 0 Å². The summed E-state index contributed by atoms with van der Waals surface area (Å²) in [6, 6.07) is 0. The molecule has 3 atom stereocenters. The van der Waals surface area contributed by atoms with Gasteiger partial charge in [-0.3, -0.25) is 4.79 Å². The van der Waals surface area contributed by atoms with E-state index in [1.165, 1.54) is 25.7 Å². The predicted molar refractivity (Wildman–Crippen MR) is 58.0 cm³/mol. The SMILES string of the molecule is C[S+](C)CC(=O)C1CC2CCC1C2. The van der Waals surface area contributed by atoms with E-state index in [4.69, 9.17) is 0 Å². The molecule has 2 fully saturated rings. The van der Waals surface area contributed by atoms with Crippen molar-refractivity contribution in [2.24, 2.45) is 17.8 Å². The molecular formula is C11H19OS+. The molecule has 2 aliphatic carbocycles. The molecule has 0 aromatic rings. The van der Waals surface area contributed by atoms with Crippen LogP contribution in [-0.2, 0) is 15.7 Å². The Morgan fingerprint density at radius 1 is 1.31 bits per heavy atom. The molecule has 0 spiro atoms. The summed E-state index contributed by atoms with van der Waals surface area (Å²) in [5.41, 5.74) is 0. The van der Waals surface area contributed by atoms with Gasteiger partial charge in [0, 0.05) is 5.92 Å². The molecule has 74 valence electrons. The summed E-state index contributed by atoms with van der Waals surface area (Å²) in [6.45, 7) is 0. The molecule has 2 rings (SSSR count). The maximum Gasteiger partial charge on any atom is 0.185 e. The molecule has 2 aliphatic rings. The minimum Gasteiger partial charge on any atom is -0.294 e. The van der Waals surface area contributed by atoms with E-state index in [0.29, 0.717) is 22.6 Å². The smallest absolute Gasteiger partial charge is 0.185 e. The number of carbonyl (C=O) groups is 1. The lowest BCUT2D eigenvalue weighted by atomic mass is 9.86. The summed E-state index contributed by atoms with van der Waals surface area (Å²) in [4.78, 5) is 11.9. The van der Waals surface area contributed by atoms with Crippen molar-refractivity contribution in [3.8, 4) is 0 Å². The molecule has 0 aliphatic heterocycles. The maximum atomic E-state index is 11.9. The lowest BCUT2D eigenvalue weighted by Gasteiger charge is -2.19. The lowest BCUT2D eigenvalue weighted by molar-refractivity contribution is -0.121. The Morgan fingerprint density at radius 2 is 2.08 bits per heavy atom. The second-order valence-electron chi connectivity index (χ2n) is 4.88. The van der Waals surface area contributed by atoms with Crippen LogP contribution in [0.2, 0.25) is 0 Å². The van der Waals surface area contributed by atoms with Gasteiger partial charge >= 0.3 is 0 Å². The van der Waals surface area contributed by atoms with Gasteiger partial charge in [0.25, 0.3) is 0 Å². The number of Topliss-reactive ketones (excluding diaryl/α,β-unsaturated/α-hetero) is 1. The summed E-state index contributed by atoms with van der Waals surface area (Å²) in [5, 5.41) is 0. The second-order valence-corrected chi connectivity index (χ2v) is 7.14. The summed E-state index contributed by atoms with van der Waals surface area (Å²) >= 11 is 0. The first-order valence-corrected chi connectivity index (χ1v) is 7.44. The molecule has 13 heavy (non-hydrogen) atoms. The number of ketones is 1. The summed E-state index contributed by atoms with van der Waals surface area (Å²) in [7, 11) is 0.307. The van der Waals surface area contributed by atoms with Crippen molar-refractivity contribution in [3.63, 3.8) is 0 Å². The normalized spacial score (nSPS) is 37.3. The van der Waals surface area contributed by atoms with Crippen molar-refractivity contribution in [1.82, 2.24) is 0 Å². The summed E-state index contributed by atoms with van der Waals surface area (Å²) in [6.07, 6.45) is 9.66. The van der Waals surface area contributed by atoms with Crippen LogP contribution in [0.15, 0.2) is 0 Å². The zero-order valence-electron chi connectivity index (χ0n) is 8.58. The van der Waals surface area contributed by atoms with E-state index in [0.717, 1.165) is 17.6 Å². The molecule has 0 aromatic heterocycles. The highest BCUT2D eigenvalue weighted by Gasteiger charge is 2.43. The van der Waals surface area contributed by atoms with E-state index >= 15 is 0 Å². The van der Waals surface area contributed by atoms with Gasteiger partial charge in [-0.15, -0.1) is 0 Å². The Hall–Kier alpha value is 0.0200. The number of hydrogen-bond donors (Lipinski definition) is 0. The number of hydrogen-bond acceptors (Lipinski definition) is 1. The highest BCUT2D eigenvalue weighted by molar-refractivity contribution is 7.96. The van der Waals surface area contributed by atoms with Crippen molar-refractivity contribution >= 4 is 16.7 Å². The van der Waals surface area contributed by atoms with E-state index in [-0.39, 0.29) is 0 Å². The van der Waals surface area contributed by atoms with Gasteiger partial charge in [0.2, 0.25) is 0 Å². The molecule has 2 heteroatoms. The maximum absolute atomic E-state index is 11.9. The van der Waals surface area contributed by atoms with Crippen LogP contribution in [0, 0.1) is 17.8 Å². The standard InChI is InChI=1S/C11H19OS/c1-13(2)7-11(12)10-6-8-3-4-9(10)5-8/h8-10H,3-7H2,1-2H3/q+1. The molecule has 0 N–H and O–H groups in total. The van der Waals surface area contributed by atoms with E-state index < -0.39 is 0 Å². The molecule has 3 unspecified atom stereocenters. The molecule has 0 radical (unpaired) electrons.